The maximum Gasteiger partial charge on any atom is 0.312 e. The van der Waals surface area contributed by atoms with Gasteiger partial charge in [0.1, 0.15) is 24.2 Å². The highest BCUT2D eigenvalue weighted by molar-refractivity contribution is 5.98. The van der Waals surface area contributed by atoms with Gasteiger partial charge < -0.3 is 24.4 Å². The quantitative estimate of drug-likeness (QED) is 0.164. The van der Waals surface area contributed by atoms with Crippen LogP contribution >= 0.6 is 0 Å². The molecule has 2 amide bonds. The fraction of sp³-hybridized carbons (Fsp3) is 0.488. The molecule has 4 aliphatic carbocycles. The second kappa shape index (κ2) is 14.3. The van der Waals surface area contributed by atoms with Crippen LogP contribution in [0.4, 0.5) is 0 Å². The van der Waals surface area contributed by atoms with E-state index >= 15 is 0 Å². The summed E-state index contributed by atoms with van der Waals surface area (Å²) in [7, 11) is 3.24. The zero-order valence-electron chi connectivity index (χ0n) is 30.7. The fourth-order valence-corrected chi connectivity index (χ4v) is 8.92. The first-order chi connectivity index (χ1) is 25.0. The molecule has 52 heavy (non-hydrogen) atoms. The molecule has 9 heteroatoms. The largest absolute Gasteiger partial charge is 0.496 e. The van der Waals surface area contributed by atoms with E-state index in [0.717, 1.165) is 35.6 Å². The van der Waals surface area contributed by atoms with Crippen LogP contribution < -0.4 is 14.8 Å². The molecular formula is C43H49N3O6. The number of carbonyl (C=O) groups is 3. The van der Waals surface area contributed by atoms with Crippen molar-refractivity contribution in [2.24, 2.45) is 28.6 Å². The third-order valence-electron chi connectivity index (χ3n) is 12.5. The number of ether oxygens (including phenoxy) is 3. The van der Waals surface area contributed by atoms with Crippen LogP contribution in [0.25, 0.3) is 10.8 Å². The van der Waals surface area contributed by atoms with E-state index in [9.17, 15) is 19.6 Å². The molecule has 0 saturated heterocycles. The predicted octanol–water partition coefficient (Wildman–Crippen LogP) is 7.36. The number of fused-ring (bicyclic) bond motifs is 3. The summed E-state index contributed by atoms with van der Waals surface area (Å²) in [6.07, 6.45) is 10.6. The molecule has 0 radical (unpaired) electrons. The lowest BCUT2D eigenvalue weighted by Crippen LogP contribution is -2.51. The molecule has 272 valence electrons. The van der Waals surface area contributed by atoms with E-state index in [1.807, 2.05) is 49.4 Å². The van der Waals surface area contributed by atoms with E-state index in [4.69, 9.17) is 14.2 Å². The number of esters is 1. The van der Waals surface area contributed by atoms with Gasteiger partial charge in [0.05, 0.1) is 41.7 Å². The number of hydrogen-bond donors (Lipinski definition) is 1. The van der Waals surface area contributed by atoms with Gasteiger partial charge in [-0.2, -0.15) is 5.26 Å². The monoisotopic (exact) mass is 703 g/mol. The van der Waals surface area contributed by atoms with Gasteiger partial charge in [-0.3, -0.25) is 14.4 Å². The van der Waals surface area contributed by atoms with Gasteiger partial charge in [-0.1, -0.05) is 68.0 Å². The maximum absolute atomic E-state index is 14.3. The Morgan fingerprint density at radius 2 is 1.69 bits per heavy atom. The Morgan fingerprint density at radius 1 is 0.962 bits per heavy atom. The van der Waals surface area contributed by atoms with Crippen molar-refractivity contribution < 1.29 is 28.6 Å². The van der Waals surface area contributed by atoms with Crippen LogP contribution in [-0.4, -0.2) is 55.5 Å². The number of nitriles is 1. The van der Waals surface area contributed by atoms with Crippen molar-refractivity contribution in [2.75, 3.05) is 20.7 Å². The first kappa shape index (κ1) is 35.6. The Labute approximate surface area is 306 Å². The van der Waals surface area contributed by atoms with E-state index in [1.165, 1.54) is 13.5 Å². The summed E-state index contributed by atoms with van der Waals surface area (Å²) in [5, 5.41) is 15.5. The van der Waals surface area contributed by atoms with E-state index in [0.29, 0.717) is 38.0 Å². The van der Waals surface area contributed by atoms with Crippen molar-refractivity contribution >= 4 is 28.6 Å². The van der Waals surface area contributed by atoms with Crippen LogP contribution in [0.2, 0.25) is 0 Å². The molecule has 0 aliphatic heterocycles. The molecule has 9 nitrogen and oxygen atoms in total. The summed E-state index contributed by atoms with van der Waals surface area (Å²) in [4.78, 5) is 43.0. The smallest absolute Gasteiger partial charge is 0.312 e. The molecule has 3 saturated carbocycles. The Kier molecular flexibility index (Phi) is 9.77. The lowest BCUT2D eigenvalue weighted by Gasteiger charge is -2.40. The van der Waals surface area contributed by atoms with Crippen LogP contribution in [0.5, 0.6) is 11.5 Å². The molecule has 3 aromatic carbocycles. The maximum atomic E-state index is 14.3. The summed E-state index contributed by atoms with van der Waals surface area (Å²) in [6, 6.07) is 19.1. The van der Waals surface area contributed by atoms with E-state index < -0.39 is 5.41 Å². The number of nitrogens with one attached hydrogen (secondary N) is 1. The molecule has 0 heterocycles. The van der Waals surface area contributed by atoms with Gasteiger partial charge in [0.25, 0.3) is 5.91 Å². The summed E-state index contributed by atoms with van der Waals surface area (Å²) in [5.74, 6) is -0.0671. The highest BCUT2D eigenvalue weighted by Crippen LogP contribution is 2.47. The lowest BCUT2D eigenvalue weighted by atomic mass is 9.70. The number of amides is 2. The Bertz CT molecular complexity index is 1930. The summed E-state index contributed by atoms with van der Waals surface area (Å²) >= 11 is 0. The minimum Gasteiger partial charge on any atom is -0.496 e. The highest BCUT2D eigenvalue weighted by atomic mass is 16.5. The Balaban J connectivity index is 1.02. The van der Waals surface area contributed by atoms with Crippen molar-refractivity contribution in [3.63, 3.8) is 0 Å². The van der Waals surface area contributed by atoms with Gasteiger partial charge in [-0.25, -0.2) is 0 Å². The van der Waals surface area contributed by atoms with Gasteiger partial charge in [0, 0.05) is 19.7 Å². The highest BCUT2D eigenvalue weighted by Gasteiger charge is 2.51. The molecule has 3 fully saturated rings. The molecule has 2 bridgehead atoms. The van der Waals surface area contributed by atoms with Crippen LogP contribution in [-0.2, 0) is 20.9 Å². The van der Waals surface area contributed by atoms with Crippen LogP contribution in [0.3, 0.4) is 0 Å². The van der Waals surface area contributed by atoms with Crippen molar-refractivity contribution in [3.05, 3.63) is 83.4 Å². The van der Waals surface area contributed by atoms with Gasteiger partial charge in [0.15, 0.2) is 0 Å². The molecule has 4 atom stereocenters. The molecule has 1 N–H and O–H groups in total. The number of carbonyl (C=O) groups excluding carboxylic acids is 3. The zero-order chi connectivity index (χ0) is 36.6. The molecule has 0 spiro atoms. The number of hydrogen-bond acceptors (Lipinski definition) is 7. The minimum absolute atomic E-state index is 0.00665. The number of methoxy groups -OCH3 is 1. The third kappa shape index (κ3) is 6.76. The van der Waals surface area contributed by atoms with Crippen LogP contribution in [0.15, 0.2) is 66.7 Å². The first-order valence-electron chi connectivity index (χ1n) is 18.7. The fourth-order valence-electron chi connectivity index (χ4n) is 8.92. The lowest BCUT2D eigenvalue weighted by molar-refractivity contribution is -0.159. The van der Waals surface area contributed by atoms with Crippen LogP contribution in [0, 0.1) is 39.9 Å². The van der Waals surface area contributed by atoms with E-state index in [1.54, 1.807) is 24.1 Å². The normalized spacial score (nSPS) is 26.9. The molecule has 4 aliphatic rings. The van der Waals surface area contributed by atoms with Crippen LogP contribution in [0.1, 0.15) is 86.7 Å². The van der Waals surface area contributed by atoms with Gasteiger partial charge in [0.2, 0.25) is 5.91 Å². The SMILES string of the molecule is COc1cc(C#N)c(O[C@H]2CC[C@@](C)(C(=O)OCc3cccc4ccccc34)CC2)cc1C(=O)N(C)[C@H]1[C@@H](C(=O)NCC2(C)CCC2)[C@@H]2C=C[C@H]1C2. The van der Waals surface area contributed by atoms with Crippen molar-refractivity contribution in [1.82, 2.24) is 10.2 Å². The number of rotatable bonds is 11. The molecule has 3 aromatic rings. The van der Waals surface area contributed by atoms with Crippen molar-refractivity contribution in [3.8, 4) is 17.6 Å². The predicted molar refractivity (Wildman–Crippen MR) is 198 cm³/mol. The minimum atomic E-state index is -0.653. The number of allylic oxidation sites excluding steroid dienone is 1. The second-order valence-electron chi connectivity index (χ2n) is 16.0. The number of benzene rings is 3. The topological polar surface area (TPSA) is 118 Å². The molecule has 7 rings (SSSR count). The average molecular weight is 704 g/mol. The summed E-state index contributed by atoms with van der Waals surface area (Å²) in [5.41, 5.74) is 1.03. The third-order valence-corrected chi connectivity index (χ3v) is 12.5. The van der Waals surface area contributed by atoms with Gasteiger partial charge >= 0.3 is 5.97 Å². The van der Waals surface area contributed by atoms with E-state index in [2.05, 4.69) is 30.5 Å². The average Bonchev–Trinajstić information content (AvgIpc) is 3.78. The molecular weight excluding hydrogens is 654 g/mol. The Morgan fingerprint density at radius 3 is 2.40 bits per heavy atom. The Hall–Kier alpha value is -4.84. The summed E-state index contributed by atoms with van der Waals surface area (Å²) < 4.78 is 17.9. The summed E-state index contributed by atoms with van der Waals surface area (Å²) in [6.45, 7) is 5.03. The molecule has 0 unspecified atom stereocenters. The zero-order valence-corrected chi connectivity index (χ0v) is 30.7. The van der Waals surface area contributed by atoms with Crippen molar-refractivity contribution in [1.29, 1.82) is 5.26 Å². The van der Waals surface area contributed by atoms with Crippen molar-refractivity contribution in [2.45, 2.75) is 84.0 Å². The van der Waals surface area contributed by atoms with Gasteiger partial charge in [-0.15, -0.1) is 0 Å². The van der Waals surface area contributed by atoms with E-state index in [-0.39, 0.29) is 76.6 Å². The standard InChI is InChI=1S/C43H49N3O6/c1-42(17-8-18-42)26-45-39(47)37-28-13-14-29(21-28)38(37)46(3)40(48)34-23-35(31(24-44)22-36(34)50-4)52-32-15-19-43(2,20-16-32)41(49)51-25-30-11-7-10-27-9-5-6-12-33(27)30/h5-7,9-14,22-23,28-29,32,37-38H,8,15-21,25-26H2,1-4H3,(H,45,47)/t28-,29+,32-,37+,38-,43+/m1/s1. The second-order valence-corrected chi connectivity index (χ2v) is 16.0. The first-order valence-corrected chi connectivity index (χ1v) is 18.7. The molecule has 0 aromatic heterocycles. The number of nitrogens with zero attached hydrogens (tertiary/aromatic N) is 2. The van der Waals surface area contributed by atoms with Gasteiger partial charge in [-0.05, 0) is 91.5 Å².